The fraction of sp³-hybridized carbons (Fsp3) is 0.429. The largest absolute Gasteiger partial charge is 0.399 e. The summed E-state index contributed by atoms with van der Waals surface area (Å²) in [4.78, 5) is 23.4. The molecule has 1 aromatic rings. The number of nitrogens with two attached hydrogens (primary N) is 1. The molecule has 0 aliphatic carbocycles. The molecule has 4 N–H and O–H groups in total. The van der Waals surface area contributed by atoms with E-state index in [1.807, 2.05) is 13.8 Å². The van der Waals surface area contributed by atoms with Crippen LogP contribution in [0.15, 0.2) is 22.7 Å². The van der Waals surface area contributed by atoms with Crippen LogP contribution in [-0.4, -0.2) is 24.9 Å². The SMILES string of the molecule is CC(C)CNC(=O)CCNC(=O)c1cc(N)ccc1Br. The van der Waals surface area contributed by atoms with Crippen molar-refractivity contribution in [2.24, 2.45) is 5.92 Å². The van der Waals surface area contributed by atoms with Crippen molar-refractivity contribution in [2.45, 2.75) is 20.3 Å². The van der Waals surface area contributed by atoms with Crippen molar-refractivity contribution in [1.29, 1.82) is 0 Å². The first-order chi connectivity index (χ1) is 9.40. The summed E-state index contributed by atoms with van der Waals surface area (Å²) in [5.41, 5.74) is 6.63. The Bertz CT molecular complexity index is 489. The molecule has 1 aromatic carbocycles. The van der Waals surface area contributed by atoms with Gasteiger partial charge >= 0.3 is 0 Å². The Morgan fingerprint density at radius 1 is 1.30 bits per heavy atom. The summed E-state index contributed by atoms with van der Waals surface area (Å²) in [6.45, 7) is 5.00. The third kappa shape index (κ3) is 5.61. The van der Waals surface area contributed by atoms with Gasteiger partial charge in [-0.15, -0.1) is 0 Å². The molecule has 0 spiro atoms. The normalized spacial score (nSPS) is 10.4. The Morgan fingerprint density at radius 3 is 2.65 bits per heavy atom. The van der Waals surface area contributed by atoms with E-state index in [0.717, 1.165) is 0 Å². The van der Waals surface area contributed by atoms with Crippen molar-refractivity contribution >= 4 is 33.4 Å². The lowest BCUT2D eigenvalue weighted by Gasteiger charge is -2.09. The van der Waals surface area contributed by atoms with E-state index in [1.165, 1.54) is 0 Å². The van der Waals surface area contributed by atoms with Crippen LogP contribution in [0.4, 0.5) is 5.69 Å². The number of hydrogen-bond acceptors (Lipinski definition) is 3. The van der Waals surface area contributed by atoms with Crippen LogP contribution in [-0.2, 0) is 4.79 Å². The molecule has 0 heterocycles. The van der Waals surface area contributed by atoms with E-state index in [1.54, 1.807) is 18.2 Å². The van der Waals surface area contributed by atoms with Gasteiger partial charge < -0.3 is 16.4 Å². The van der Waals surface area contributed by atoms with E-state index in [4.69, 9.17) is 5.73 Å². The molecule has 6 heteroatoms. The minimum atomic E-state index is -0.249. The van der Waals surface area contributed by atoms with Crippen molar-refractivity contribution in [3.63, 3.8) is 0 Å². The molecule has 0 saturated heterocycles. The Labute approximate surface area is 127 Å². The Kier molecular flexibility index (Phi) is 6.51. The molecule has 0 unspecified atom stereocenters. The highest BCUT2D eigenvalue weighted by Crippen LogP contribution is 2.19. The number of rotatable bonds is 6. The molecule has 5 nitrogen and oxygen atoms in total. The Morgan fingerprint density at radius 2 is 2.00 bits per heavy atom. The zero-order valence-corrected chi connectivity index (χ0v) is 13.3. The molecule has 0 bridgehead atoms. The average Bonchev–Trinajstić information content (AvgIpc) is 2.39. The molecule has 0 aliphatic heterocycles. The number of benzene rings is 1. The van der Waals surface area contributed by atoms with Gasteiger partial charge in [0.05, 0.1) is 5.56 Å². The molecule has 20 heavy (non-hydrogen) atoms. The van der Waals surface area contributed by atoms with Crippen LogP contribution in [0.3, 0.4) is 0 Å². The number of nitrogens with one attached hydrogen (secondary N) is 2. The van der Waals surface area contributed by atoms with Gasteiger partial charge in [0.1, 0.15) is 0 Å². The summed E-state index contributed by atoms with van der Waals surface area (Å²) in [6, 6.07) is 5.03. The molecule has 0 saturated carbocycles. The average molecular weight is 342 g/mol. The summed E-state index contributed by atoms with van der Waals surface area (Å²) in [5.74, 6) is 0.100. The molecule has 110 valence electrons. The second-order valence-electron chi connectivity index (χ2n) is 4.94. The first-order valence-corrected chi connectivity index (χ1v) is 7.29. The second-order valence-corrected chi connectivity index (χ2v) is 5.80. The minimum Gasteiger partial charge on any atom is -0.399 e. The van der Waals surface area contributed by atoms with Gasteiger partial charge in [-0.1, -0.05) is 13.8 Å². The zero-order chi connectivity index (χ0) is 15.1. The van der Waals surface area contributed by atoms with Crippen LogP contribution in [0.1, 0.15) is 30.6 Å². The monoisotopic (exact) mass is 341 g/mol. The summed E-state index contributed by atoms with van der Waals surface area (Å²) in [6.07, 6.45) is 0.262. The van der Waals surface area contributed by atoms with E-state index < -0.39 is 0 Å². The molecule has 0 fully saturated rings. The summed E-state index contributed by atoms with van der Waals surface area (Å²) >= 11 is 3.30. The molecule has 2 amide bonds. The molecular formula is C14H20BrN3O2. The van der Waals surface area contributed by atoms with Crippen molar-refractivity contribution in [2.75, 3.05) is 18.8 Å². The minimum absolute atomic E-state index is 0.0642. The van der Waals surface area contributed by atoms with E-state index in [0.29, 0.717) is 34.7 Å². The van der Waals surface area contributed by atoms with Crippen LogP contribution in [0.25, 0.3) is 0 Å². The smallest absolute Gasteiger partial charge is 0.252 e. The van der Waals surface area contributed by atoms with Gasteiger partial charge in [0.15, 0.2) is 0 Å². The van der Waals surface area contributed by atoms with Gasteiger partial charge in [0, 0.05) is 29.7 Å². The number of carbonyl (C=O) groups excluding carboxylic acids is 2. The van der Waals surface area contributed by atoms with Crippen LogP contribution in [0.5, 0.6) is 0 Å². The van der Waals surface area contributed by atoms with Crippen LogP contribution in [0.2, 0.25) is 0 Å². The maximum absolute atomic E-state index is 11.9. The zero-order valence-electron chi connectivity index (χ0n) is 11.7. The van der Waals surface area contributed by atoms with Gasteiger partial charge in [-0.05, 0) is 40.0 Å². The summed E-state index contributed by atoms with van der Waals surface area (Å²) in [5, 5.41) is 5.50. The van der Waals surface area contributed by atoms with Crippen LogP contribution in [0, 0.1) is 5.92 Å². The maximum atomic E-state index is 11.9. The van der Waals surface area contributed by atoms with Gasteiger partial charge in [-0.2, -0.15) is 0 Å². The second kappa shape index (κ2) is 7.89. The fourth-order valence-corrected chi connectivity index (χ4v) is 1.93. The van der Waals surface area contributed by atoms with Gasteiger partial charge in [0.2, 0.25) is 5.91 Å². The van der Waals surface area contributed by atoms with Crippen LogP contribution >= 0.6 is 15.9 Å². The fourth-order valence-electron chi connectivity index (χ4n) is 1.51. The first-order valence-electron chi connectivity index (χ1n) is 6.50. The Balaban J connectivity index is 2.40. The topological polar surface area (TPSA) is 84.2 Å². The van der Waals surface area contributed by atoms with Crippen molar-refractivity contribution < 1.29 is 9.59 Å². The van der Waals surface area contributed by atoms with E-state index in [2.05, 4.69) is 26.6 Å². The predicted octanol–water partition coefficient (Wildman–Crippen LogP) is 1.92. The predicted molar refractivity (Wildman–Crippen MR) is 83.4 cm³/mol. The molecule has 0 radical (unpaired) electrons. The number of nitrogen functional groups attached to an aromatic ring is 1. The van der Waals surface area contributed by atoms with Gasteiger partial charge in [0.25, 0.3) is 5.91 Å². The van der Waals surface area contributed by atoms with E-state index in [-0.39, 0.29) is 18.2 Å². The molecule has 0 aliphatic rings. The number of anilines is 1. The number of carbonyl (C=O) groups is 2. The number of amides is 2. The molecule has 1 rings (SSSR count). The lowest BCUT2D eigenvalue weighted by molar-refractivity contribution is -0.121. The van der Waals surface area contributed by atoms with Crippen molar-refractivity contribution in [1.82, 2.24) is 10.6 Å². The highest BCUT2D eigenvalue weighted by molar-refractivity contribution is 9.10. The highest BCUT2D eigenvalue weighted by Gasteiger charge is 2.10. The van der Waals surface area contributed by atoms with E-state index >= 15 is 0 Å². The highest BCUT2D eigenvalue weighted by atomic mass is 79.9. The number of hydrogen-bond donors (Lipinski definition) is 3. The third-order valence-corrected chi connectivity index (χ3v) is 3.27. The standard InChI is InChI=1S/C14H20BrN3O2/c1-9(2)8-18-13(19)5-6-17-14(20)11-7-10(16)3-4-12(11)15/h3-4,7,9H,5-6,8,16H2,1-2H3,(H,17,20)(H,18,19). The van der Waals surface area contributed by atoms with Crippen molar-refractivity contribution in [3.8, 4) is 0 Å². The molecule has 0 atom stereocenters. The quantitative estimate of drug-likeness (QED) is 0.691. The number of halogens is 1. The van der Waals surface area contributed by atoms with Gasteiger partial charge in [-0.3, -0.25) is 9.59 Å². The third-order valence-electron chi connectivity index (χ3n) is 2.58. The van der Waals surface area contributed by atoms with E-state index in [9.17, 15) is 9.59 Å². The first kappa shape index (κ1) is 16.5. The van der Waals surface area contributed by atoms with Crippen LogP contribution < -0.4 is 16.4 Å². The maximum Gasteiger partial charge on any atom is 0.252 e. The molecule has 0 aromatic heterocycles. The lowest BCUT2D eigenvalue weighted by atomic mass is 10.2. The Hall–Kier alpha value is -1.56. The lowest BCUT2D eigenvalue weighted by Crippen LogP contribution is -2.32. The summed E-state index contributed by atoms with van der Waals surface area (Å²) < 4.78 is 0.674. The molecular weight excluding hydrogens is 322 g/mol. The van der Waals surface area contributed by atoms with Gasteiger partial charge in [-0.25, -0.2) is 0 Å². The van der Waals surface area contributed by atoms with Crippen molar-refractivity contribution in [3.05, 3.63) is 28.2 Å². The summed E-state index contributed by atoms with van der Waals surface area (Å²) in [7, 11) is 0.